The molecule has 0 spiro atoms. The van der Waals surface area contributed by atoms with Crippen LogP contribution >= 0.6 is 0 Å². The number of aromatic nitrogens is 1. The van der Waals surface area contributed by atoms with Crippen molar-refractivity contribution < 1.29 is 19.2 Å². The SMILES string of the molecule is O=C1CCCC(=NCCc2ccccc2)C1=C(O)CCc1noc2c1C(=O)CC(c1ccccc1)C2. The Morgan fingerprint density at radius 2 is 1.69 bits per heavy atom. The number of benzene rings is 2. The topological polar surface area (TPSA) is 92.8 Å². The molecular weight excluding hydrogens is 452 g/mol. The maximum absolute atomic E-state index is 13.0. The molecule has 2 aromatic carbocycles. The van der Waals surface area contributed by atoms with Gasteiger partial charge in [-0.05, 0) is 36.3 Å². The summed E-state index contributed by atoms with van der Waals surface area (Å²) in [6.07, 6.45) is 4.20. The van der Waals surface area contributed by atoms with E-state index in [1.165, 1.54) is 5.56 Å². The number of carbonyl (C=O) groups is 2. The summed E-state index contributed by atoms with van der Waals surface area (Å²) in [6.45, 7) is 0.567. The van der Waals surface area contributed by atoms with E-state index in [2.05, 4.69) is 22.3 Å². The molecule has 3 aromatic rings. The van der Waals surface area contributed by atoms with Crippen molar-refractivity contribution in [2.24, 2.45) is 4.99 Å². The van der Waals surface area contributed by atoms with Crippen LogP contribution in [0.25, 0.3) is 0 Å². The van der Waals surface area contributed by atoms with E-state index in [0.717, 1.165) is 18.4 Å². The highest BCUT2D eigenvalue weighted by atomic mass is 16.5. The first-order chi connectivity index (χ1) is 17.6. The molecule has 1 atom stereocenters. The van der Waals surface area contributed by atoms with Crippen LogP contribution in [0, 0.1) is 0 Å². The predicted octanol–water partition coefficient (Wildman–Crippen LogP) is 5.77. The van der Waals surface area contributed by atoms with Gasteiger partial charge in [-0.25, -0.2) is 0 Å². The van der Waals surface area contributed by atoms with E-state index in [4.69, 9.17) is 4.52 Å². The average Bonchev–Trinajstić information content (AvgIpc) is 3.32. The number of ketones is 2. The summed E-state index contributed by atoms with van der Waals surface area (Å²) in [6, 6.07) is 20.1. The number of fused-ring (bicyclic) bond motifs is 1. The van der Waals surface area contributed by atoms with Gasteiger partial charge in [0.1, 0.15) is 11.5 Å². The van der Waals surface area contributed by atoms with Crippen LogP contribution in [0.5, 0.6) is 0 Å². The average molecular weight is 483 g/mol. The molecule has 2 aliphatic rings. The number of hydrogen-bond donors (Lipinski definition) is 1. The Labute approximate surface area is 210 Å². The van der Waals surface area contributed by atoms with Crippen molar-refractivity contribution in [3.8, 4) is 0 Å². The lowest BCUT2D eigenvalue weighted by Gasteiger charge is -2.20. The van der Waals surface area contributed by atoms with Crippen molar-refractivity contribution in [1.29, 1.82) is 0 Å². The molecule has 0 radical (unpaired) electrons. The number of aliphatic imine (C=N–C) groups is 1. The smallest absolute Gasteiger partial charge is 0.168 e. The van der Waals surface area contributed by atoms with Crippen LogP contribution in [0.2, 0.25) is 0 Å². The Balaban J connectivity index is 1.29. The number of hydrogen-bond acceptors (Lipinski definition) is 6. The van der Waals surface area contributed by atoms with Crippen molar-refractivity contribution >= 4 is 17.3 Å². The largest absolute Gasteiger partial charge is 0.511 e. The zero-order chi connectivity index (χ0) is 24.9. The molecule has 6 nitrogen and oxygen atoms in total. The lowest BCUT2D eigenvalue weighted by atomic mass is 9.81. The van der Waals surface area contributed by atoms with Crippen LogP contribution in [0.3, 0.4) is 0 Å². The molecule has 1 heterocycles. The van der Waals surface area contributed by atoms with Gasteiger partial charge in [-0.1, -0.05) is 65.8 Å². The number of nitrogens with zero attached hydrogens (tertiary/aromatic N) is 2. The molecule has 0 amide bonds. The normalized spacial score (nSPS) is 20.4. The van der Waals surface area contributed by atoms with Gasteiger partial charge in [-0.15, -0.1) is 0 Å². The molecule has 1 fully saturated rings. The summed E-state index contributed by atoms with van der Waals surface area (Å²) in [5.74, 6) is 0.670. The van der Waals surface area contributed by atoms with Crippen molar-refractivity contribution in [2.45, 2.75) is 57.3 Å². The summed E-state index contributed by atoms with van der Waals surface area (Å²) in [5, 5.41) is 15.1. The molecule has 1 N–H and O–H groups in total. The maximum Gasteiger partial charge on any atom is 0.168 e. The summed E-state index contributed by atoms with van der Waals surface area (Å²) in [7, 11) is 0. The number of rotatable bonds is 7. The van der Waals surface area contributed by atoms with Gasteiger partial charge in [0.2, 0.25) is 0 Å². The first-order valence-corrected chi connectivity index (χ1v) is 12.7. The summed E-state index contributed by atoms with van der Waals surface area (Å²) in [5.41, 5.74) is 4.44. The van der Waals surface area contributed by atoms with E-state index < -0.39 is 0 Å². The van der Waals surface area contributed by atoms with Crippen LogP contribution in [-0.4, -0.2) is 34.1 Å². The molecule has 1 saturated carbocycles. The number of Topliss-reactive ketones (excluding diaryl/α,β-unsaturated/α-hetero) is 2. The van der Waals surface area contributed by atoms with Crippen LogP contribution in [0.4, 0.5) is 0 Å². The number of aryl methyl sites for hydroxylation is 1. The monoisotopic (exact) mass is 482 g/mol. The van der Waals surface area contributed by atoms with E-state index >= 15 is 0 Å². The van der Waals surface area contributed by atoms with Crippen molar-refractivity contribution in [3.05, 3.63) is 100 Å². The fourth-order valence-electron chi connectivity index (χ4n) is 5.21. The van der Waals surface area contributed by atoms with E-state index in [1.54, 1.807) is 0 Å². The molecule has 6 heteroatoms. The first-order valence-electron chi connectivity index (χ1n) is 12.7. The third kappa shape index (κ3) is 5.23. The second kappa shape index (κ2) is 10.9. The van der Waals surface area contributed by atoms with E-state index in [-0.39, 0.29) is 29.7 Å². The first kappa shape index (κ1) is 23.9. The Bertz CT molecular complexity index is 1310. The number of aliphatic hydroxyl groups excluding tert-OH is 1. The Kier molecular flexibility index (Phi) is 7.21. The van der Waals surface area contributed by atoms with Gasteiger partial charge in [0.15, 0.2) is 11.6 Å². The highest BCUT2D eigenvalue weighted by Crippen LogP contribution is 2.35. The lowest BCUT2D eigenvalue weighted by molar-refractivity contribution is -0.115. The third-order valence-electron chi connectivity index (χ3n) is 7.06. The zero-order valence-corrected chi connectivity index (χ0v) is 20.3. The van der Waals surface area contributed by atoms with Gasteiger partial charge >= 0.3 is 0 Å². The van der Waals surface area contributed by atoms with E-state index in [0.29, 0.717) is 67.0 Å². The van der Waals surface area contributed by atoms with Gasteiger partial charge < -0.3 is 9.63 Å². The maximum atomic E-state index is 13.0. The summed E-state index contributed by atoms with van der Waals surface area (Å²) < 4.78 is 5.57. The standard InChI is InChI=1S/C30H30N2O4/c33-25-13-7-12-23(31-17-16-20-8-3-1-4-9-20)29(25)26(34)15-14-24-30-27(35)18-22(19-28(30)36-32-24)21-10-5-2-6-11-21/h1-6,8-11,22,34H,7,12-19H2. The summed E-state index contributed by atoms with van der Waals surface area (Å²) >= 11 is 0. The molecular formula is C30H30N2O4. The fourth-order valence-corrected chi connectivity index (χ4v) is 5.21. The van der Waals surface area contributed by atoms with Gasteiger partial charge in [0, 0.05) is 44.4 Å². The third-order valence-corrected chi connectivity index (χ3v) is 7.06. The molecule has 0 saturated heterocycles. The number of aliphatic hydroxyl groups is 1. The quantitative estimate of drug-likeness (QED) is 0.341. The van der Waals surface area contributed by atoms with Crippen LogP contribution < -0.4 is 0 Å². The second-order valence-corrected chi connectivity index (χ2v) is 9.53. The highest BCUT2D eigenvalue weighted by molar-refractivity contribution is 6.24. The molecule has 36 heavy (non-hydrogen) atoms. The number of allylic oxidation sites excluding steroid dienone is 2. The molecule has 1 aromatic heterocycles. The summed E-state index contributed by atoms with van der Waals surface area (Å²) in [4.78, 5) is 30.4. The molecule has 5 rings (SSSR count). The minimum atomic E-state index is -0.0684. The van der Waals surface area contributed by atoms with Gasteiger partial charge in [-0.3, -0.25) is 14.6 Å². The predicted molar refractivity (Wildman–Crippen MR) is 138 cm³/mol. The Hall–Kier alpha value is -3.80. The Morgan fingerprint density at radius 3 is 2.47 bits per heavy atom. The van der Waals surface area contributed by atoms with Crippen molar-refractivity contribution in [2.75, 3.05) is 6.54 Å². The Morgan fingerprint density at radius 1 is 0.944 bits per heavy atom. The van der Waals surface area contributed by atoms with Crippen molar-refractivity contribution in [3.63, 3.8) is 0 Å². The second-order valence-electron chi connectivity index (χ2n) is 9.53. The fraction of sp³-hybridized carbons (Fsp3) is 0.333. The molecule has 0 bridgehead atoms. The van der Waals surface area contributed by atoms with Crippen LogP contribution in [0.15, 0.2) is 81.5 Å². The lowest BCUT2D eigenvalue weighted by Crippen LogP contribution is -2.22. The van der Waals surface area contributed by atoms with Crippen molar-refractivity contribution in [1.82, 2.24) is 5.16 Å². The zero-order valence-electron chi connectivity index (χ0n) is 20.3. The minimum absolute atomic E-state index is 0.0189. The highest BCUT2D eigenvalue weighted by Gasteiger charge is 2.33. The van der Waals surface area contributed by atoms with Crippen LogP contribution in [0.1, 0.15) is 71.0 Å². The molecule has 184 valence electrons. The molecule has 0 aliphatic heterocycles. The minimum Gasteiger partial charge on any atom is -0.511 e. The van der Waals surface area contributed by atoms with Gasteiger partial charge in [0.05, 0.1) is 16.8 Å². The van der Waals surface area contributed by atoms with Gasteiger partial charge in [-0.2, -0.15) is 0 Å². The molecule has 1 unspecified atom stereocenters. The molecule has 2 aliphatic carbocycles. The van der Waals surface area contributed by atoms with Crippen LogP contribution in [-0.2, 0) is 24.1 Å². The van der Waals surface area contributed by atoms with Gasteiger partial charge in [0.25, 0.3) is 0 Å². The van der Waals surface area contributed by atoms with E-state index in [1.807, 2.05) is 48.5 Å². The number of carbonyl (C=O) groups excluding carboxylic acids is 2. The van der Waals surface area contributed by atoms with E-state index in [9.17, 15) is 14.7 Å².